The second-order valence-electron chi connectivity index (χ2n) is 7.48. The highest BCUT2D eigenvalue weighted by atomic mass is 32.1. The average Bonchev–Trinajstić information content (AvgIpc) is 3.20. The number of aromatic nitrogens is 1. The van der Waals surface area contributed by atoms with Crippen LogP contribution in [0.4, 0.5) is 15.6 Å². The van der Waals surface area contributed by atoms with E-state index in [1.165, 1.54) is 30.6 Å². The molecule has 8 nitrogen and oxygen atoms in total. The van der Waals surface area contributed by atoms with Crippen LogP contribution in [0.2, 0.25) is 0 Å². The Labute approximate surface area is 179 Å². The van der Waals surface area contributed by atoms with Gasteiger partial charge in [0.1, 0.15) is 13.2 Å². The Morgan fingerprint density at radius 3 is 2.70 bits per heavy atom. The highest BCUT2D eigenvalue weighted by Crippen LogP contribution is 2.32. The molecule has 0 spiro atoms. The van der Waals surface area contributed by atoms with Gasteiger partial charge in [-0.15, -0.1) is 11.3 Å². The minimum Gasteiger partial charge on any atom is -0.486 e. The summed E-state index contributed by atoms with van der Waals surface area (Å²) in [6, 6.07) is 5.39. The molecule has 0 bridgehead atoms. The van der Waals surface area contributed by atoms with Crippen LogP contribution < -0.4 is 25.4 Å². The molecule has 0 atom stereocenters. The fourth-order valence-electron chi connectivity index (χ4n) is 3.63. The van der Waals surface area contributed by atoms with Gasteiger partial charge in [0, 0.05) is 29.6 Å². The predicted molar refractivity (Wildman–Crippen MR) is 116 cm³/mol. The first-order chi connectivity index (χ1) is 14.7. The molecule has 1 fully saturated rings. The number of nitrogens with one attached hydrogen (secondary N) is 3. The Balaban J connectivity index is 1.22. The van der Waals surface area contributed by atoms with Crippen molar-refractivity contribution in [1.82, 2.24) is 10.3 Å². The van der Waals surface area contributed by atoms with Crippen molar-refractivity contribution >= 4 is 34.1 Å². The summed E-state index contributed by atoms with van der Waals surface area (Å²) >= 11 is 1.37. The lowest BCUT2D eigenvalue weighted by Gasteiger charge is -2.22. The smallest absolute Gasteiger partial charge is 0.321 e. The minimum absolute atomic E-state index is 0.107. The van der Waals surface area contributed by atoms with E-state index in [1.54, 1.807) is 18.2 Å². The number of urea groups is 1. The van der Waals surface area contributed by atoms with E-state index in [2.05, 4.69) is 20.9 Å². The highest BCUT2D eigenvalue weighted by Gasteiger charge is 2.17. The van der Waals surface area contributed by atoms with Crippen molar-refractivity contribution in [3.05, 3.63) is 29.3 Å². The van der Waals surface area contributed by atoms with Crippen LogP contribution in [0.1, 0.15) is 44.2 Å². The maximum Gasteiger partial charge on any atom is 0.321 e. The lowest BCUT2D eigenvalue weighted by atomic mass is 9.96. The van der Waals surface area contributed by atoms with Crippen molar-refractivity contribution in [3.63, 3.8) is 0 Å². The third kappa shape index (κ3) is 5.63. The van der Waals surface area contributed by atoms with Gasteiger partial charge >= 0.3 is 6.03 Å². The van der Waals surface area contributed by atoms with Crippen molar-refractivity contribution in [2.45, 2.75) is 51.0 Å². The first-order valence-corrected chi connectivity index (χ1v) is 11.2. The third-order valence-electron chi connectivity index (χ3n) is 5.15. The summed E-state index contributed by atoms with van der Waals surface area (Å²) in [4.78, 5) is 28.8. The van der Waals surface area contributed by atoms with Crippen molar-refractivity contribution < 1.29 is 19.1 Å². The van der Waals surface area contributed by atoms with Gasteiger partial charge in [-0.1, -0.05) is 19.3 Å². The Morgan fingerprint density at radius 1 is 1.07 bits per heavy atom. The van der Waals surface area contributed by atoms with Crippen molar-refractivity contribution in [1.29, 1.82) is 0 Å². The molecule has 3 N–H and O–H groups in total. The number of ether oxygens (including phenoxy) is 2. The van der Waals surface area contributed by atoms with Crippen LogP contribution in [0.3, 0.4) is 0 Å². The van der Waals surface area contributed by atoms with Crippen LogP contribution in [-0.2, 0) is 11.2 Å². The number of thiazole rings is 1. The molecular weight excluding hydrogens is 404 g/mol. The SMILES string of the molecule is O=C(CCc1csc(NC(=O)NC2CCCCC2)n1)Nc1ccc2c(c1)OCCO2. The van der Waals surface area contributed by atoms with E-state index < -0.39 is 0 Å². The van der Waals surface area contributed by atoms with E-state index in [-0.39, 0.29) is 18.0 Å². The zero-order valence-electron chi connectivity index (χ0n) is 16.7. The molecule has 1 saturated carbocycles. The van der Waals surface area contributed by atoms with E-state index in [0.29, 0.717) is 48.4 Å². The van der Waals surface area contributed by atoms with Gasteiger partial charge in [-0.3, -0.25) is 10.1 Å². The predicted octanol–water partition coefficient (Wildman–Crippen LogP) is 3.94. The van der Waals surface area contributed by atoms with Crippen LogP contribution in [0.5, 0.6) is 11.5 Å². The molecule has 0 radical (unpaired) electrons. The van der Waals surface area contributed by atoms with Crippen LogP contribution in [-0.4, -0.2) is 36.2 Å². The molecular formula is C21H26N4O4S. The zero-order valence-corrected chi connectivity index (χ0v) is 17.6. The molecule has 9 heteroatoms. The van der Waals surface area contributed by atoms with Gasteiger partial charge in [0.25, 0.3) is 0 Å². The Kier molecular flexibility index (Phi) is 6.68. The monoisotopic (exact) mass is 430 g/mol. The molecule has 4 rings (SSSR count). The first-order valence-electron chi connectivity index (χ1n) is 10.4. The fourth-order valence-corrected chi connectivity index (χ4v) is 4.37. The van der Waals surface area contributed by atoms with E-state index in [4.69, 9.17) is 9.47 Å². The van der Waals surface area contributed by atoms with Crippen LogP contribution >= 0.6 is 11.3 Å². The number of anilines is 2. The van der Waals surface area contributed by atoms with E-state index in [9.17, 15) is 9.59 Å². The molecule has 3 amide bonds. The number of aryl methyl sites for hydroxylation is 1. The Bertz CT molecular complexity index is 895. The van der Waals surface area contributed by atoms with Crippen molar-refractivity contribution in [2.24, 2.45) is 0 Å². The van der Waals surface area contributed by atoms with E-state index in [1.807, 2.05) is 5.38 Å². The van der Waals surface area contributed by atoms with E-state index in [0.717, 1.165) is 18.5 Å². The van der Waals surface area contributed by atoms with Gasteiger partial charge in [-0.05, 0) is 31.4 Å². The van der Waals surface area contributed by atoms with Gasteiger partial charge in [0.05, 0.1) is 5.69 Å². The number of hydrogen-bond acceptors (Lipinski definition) is 6. The Morgan fingerprint density at radius 2 is 1.87 bits per heavy atom. The normalized spacial score (nSPS) is 16.0. The maximum absolute atomic E-state index is 12.3. The maximum atomic E-state index is 12.3. The molecule has 2 aromatic rings. The molecule has 160 valence electrons. The summed E-state index contributed by atoms with van der Waals surface area (Å²) in [5, 5.41) is 11.1. The number of amides is 3. The quantitative estimate of drug-likeness (QED) is 0.644. The van der Waals surface area contributed by atoms with Crippen molar-refractivity contribution in [2.75, 3.05) is 23.8 Å². The second kappa shape index (κ2) is 9.80. The molecule has 2 heterocycles. The largest absolute Gasteiger partial charge is 0.486 e. The average molecular weight is 431 g/mol. The van der Waals surface area contributed by atoms with Gasteiger partial charge in [-0.25, -0.2) is 9.78 Å². The number of nitrogens with zero attached hydrogens (tertiary/aromatic N) is 1. The lowest BCUT2D eigenvalue weighted by molar-refractivity contribution is -0.116. The number of hydrogen-bond donors (Lipinski definition) is 3. The summed E-state index contributed by atoms with van der Waals surface area (Å²) in [5.41, 5.74) is 1.45. The summed E-state index contributed by atoms with van der Waals surface area (Å²) in [5.74, 6) is 1.22. The molecule has 1 aromatic carbocycles. The number of benzene rings is 1. The Hall–Kier alpha value is -2.81. The van der Waals surface area contributed by atoms with Crippen molar-refractivity contribution in [3.8, 4) is 11.5 Å². The first kappa shape index (κ1) is 20.5. The molecule has 30 heavy (non-hydrogen) atoms. The summed E-state index contributed by atoms with van der Waals surface area (Å²) in [6.07, 6.45) is 6.45. The van der Waals surface area contributed by atoms with Crippen LogP contribution in [0.25, 0.3) is 0 Å². The summed E-state index contributed by atoms with van der Waals surface area (Å²) in [7, 11) is 0. The molecule has 2 aliphatic rings. The number of carbonyl (C=O) groups is 2. The van der Waals surface area contributed by atoms with Gasteiger partial charge < -0.3 is 20.1 Å². The third-order valence-corrected chi connectivity index (χ3v) is 5.95. The highest BCUT2D eigenvalue weighted by molar-refractivity contribution is 7.13. The second-order valence-corrected chi connectivity index (χ2v) is 8.34. The van der Waals surface area contributed by atoms with Gasteiger partial charge in [0.15, 0.2) is 16.6 Å². The molecule has 1 aliphatic carbocycles. The number of rotatable bonds is 6. The molecule has 0 unspecified atom stereocenters. The molecule has 0 saturated heterocycles. The summed E-state index contributed by atoms with van der Waals surface area (Å²) in [6.45, 7) is 1.04. The molecule has 1 aliphatic heterocycles. The zero-order chi connectivity index (χ0) is 20.8. The lowest BCUT2D eigenvalue weighted by Crippen LogP contribution is -2.38. The van der Waals surface area contributed by atoms with Gasteiger partial charge in [0.2, 0.25) is 5.91 Å². The number of carbonyl (C=O) groups excluding carboxylic acids is 2. The van der Waals surface area contributed by atoms with Crippen LogP contribution in [0.15, 0.2) is 23.6 Å². The van der Waals surface area contributed by atoms with E-state index >= 15 is 0 Å². The van der Waals surface area contributed by atoms with Crippen LogP contribution in [0, 0.1) is 0 Å². The van der Waals surface area contributed by atoms with Gasteiger partial charge in [-0.2, -0.15) is 0 Å². The summed E-state index contributed by atoms with van der Waals surface area (Å²) < 4.78 is 11.0. The standard InChI is InChI=1S/C21H26N4O4S/c26-19(22-15-6-8-17-18(12-15)29-11-10-28-17)9-7-16-13-30-21(24-16)25-20(27)23-14-4-2-1-3-5-14/h6,8,12-14H,1-5,7,9-11H2,(H,22,26)(H2,23,24,25,27). The topological polar surface area (TPSA) is 102 Å². The number of fused-ring (bicyclic) bond motifs is 1. The fraction of sp³-hybridized carbons (Fsp3) is 0.476. The molecule has 1 aromatic heterocycles. The minimum atomic E-state index is -0.209.